The van der Waals surface area contributed by atoms with Crippen molar-refractivity contribution in [1.29, 1.82) is 0 Å². The lowest BCUT2D eigenvalue weighted by molar-refractivity contribution is 0.0924. The summed E-state index contributed by atoms with van der Waals surface area (Å²) in [7, 11) is -0.674. The molecule has 154 valence electrons. The van der Waals surface area contributed by atoms with Crippen LogP contribution in [-0.2, 0) is 10.0 Å². The zero-order valence-electron chi connectivity index (χ0n) is 17.0. The molecule has 0 radical (unpaired) electrons. The molecule has 0 fully saturated rings. The van der Waals surface area contributed by atoms with Gasteiger partial charge in [0.1, 0.15) is 5.75 Å². The number of amides is 1. The molecule has 1 heterocycles. The van der Waals surface area contributed by atoms with Crippen LogP contribution >= 0.6 is 11.3 Å². The highest BCUT2D eigenvalue weighted by Gasteiger charge is 2.22. The molecule has 0 aliphatic rings. The van der Waals surface area contributed by atoms with Crippen molar-refractivity contribution in [3.05, 3.63) is 53.4 Å². The van der Waals surface area contributed by atoms with Crippen LogP contribution in [0.3, 0.4) is 0 Å². The summed E-state index contributed by atoms with van der Waals surface area (Å²) in [5.74, 6) is 0.451. The summed E-state index contributed by atoms with van der Waals surface area (Å²) < 4.78 is 33.2. The first-order valence-electron chi connectivity index (χ1n) is 9.00. The quantitative estimate of drug-likeness (QED) is 0.654. The van der Waals surface area contributed by atoms with Crippen molar-refractivity contribution >= 4 is 43.0 Å². The number of methoxy groups -OCH3 is 1. The number of nitrogens with one attached hydrogen (secondary N) is 1. The van der Waals surface area contributed by atoms with E-state index < -0.39 is 10.0 Å². The molecule has 0 aliphatic carbocycles. The highest BCUT2D eigenvalue weighted by molar-refractivity contribution is 7.92. The SMILES string of the molecule is COc1ccc(S(=O)(=O)N(C)c2ccc3sc(C(=O)NC(C)(C)C)cc3c2)cc1. The fourth-order valence-corrected chi connectivity index (χ4v) is 4.91. The molecule has 0 bridgehead atoms. The first kappa shape index (κ1) is 21.1. The van der Waals surface area contributed by atoms with Gasteiger partial charge in [0, 0.05) is 17.3 Å². The highest BCUT2D eigenvalue weighted by Crippen LogP contribution is 2.31. The first-order chi connectivity index (χ1) is 13.5. The zero-order valence-corrected chi connectivity index (χ0v) is 18.6. The van der Waals surface area contributed by atoms with Crippen LogP contribution in [0.1, 0.15) is 30.4 Å². The fraction of sp³-hybridized carbons (Fsp3) is 0.286. The largest absolute Gasteiger partial charge is 0.497 e. The minimum atomic E-state index is -3.72. The molecule has 1 aromatic heterocycles. The summed E-state index contributed by atoms with van der Waals surface area (Å²) in [5, 5.41) is 3.77. The molecule has 2 aromatic carbocycles. The smallest absolute Gasteiger partial charge is 0.264 e. The summed E-state index contributed by atoms with van der Waals surface area (Å²) >= 11 is 1.38. The molecule has 6 nitrogen and oxygen atoms in total. The number of carbonyl (C=O) groups is 1. The Morgan fingerprint density at radius 3 is 2.31 bits per heavy atom. The molecule has 0 spiro atoms. The van der Waals surface area contributed by atoms with Crippen LogP contribution in [0.25, 0.3) is 10.1 Å². The van der Waals surface area contributed by atoms with Crippen molar-refractivity contribution in [2.45, 2.75) is 31.2 Å². The van der Waals surface area contributed by atoms with E-state index in [0.717, 1.165) is 10.1 Å². The van der Waals surface area contributed by atoms with Crippen molar-refractivity contribution in [3.63, 3.8) is 0 Å². The molecule has 1 amide bonds. The van der Waals surface area contributed by atoms with Crippen LogP contribution in [0.15, 0.2) is 53.4 Å². The lowest BCUT2D eigenvalue weighted by Gasteiger charge is -2.19. The normalized spacial score (nSPS) is 12.0. The van der Waals surface area contributed by atoms with Gasteiger partial charge < -0.3 is 10.1 Å². The van der Waals surface area contributed by atoms with Gasteiger partial charge in [0.15, 0.2) is 0 Å². The number of hydrogen-bond acceptors (Lipinski definition) is 5. The second-order valence-electron chi connectivity index (χ2n) is 7.68. The van der Waals surface area contributed by atoms with E-state index in [9.17, 15) is 13.2 Å². The Labute approximate surface area is 175 Å². The molecule has 3 aromatic rings. The summed E-state index contributed by atoms with van der Waals surface area (Å²) in [6, 6.07) is 13.4. The maximum absolute atomic E-state index is 13.0. The molecule has 0 unspecified atom stereocenters. The van der Waals surface area contributed by atoms with Gasteiger partial charge in [-0.1, -0.05) is 0 Å². The minimum absolute atomic E-state index is 0.139. The predicted molar refractivity (Wildman–Crippen MR) is 118 cm³/mol. The van der Waals surface area contributed by atoms with E-state index in [1.807, 2.05) is 26.8 Å². The molecule has 0 saturated heterocycles. The number of rotatable bonds is 5. The van der Waals surface area contributed by atoms with E-state index in [1.54, 1.807) is 30.3 Å². The Bertz CT molecular complexity index is 1140. The predicted octanol–water partition coefficient (Wildman–Crippen LogP) is 4.26. The van der Waals surface area contributed by atoms with Crippen molar-refractivity contribution in [2.24, 2.45) is 0 Å². The highest BCUT2D eigenvalue weighted by atomic mass is 32.2. The second kappa shape index (κ2) is 7.68. The number of thiophene rings is 1. The Morgan fingerprint density at radius 2 is 1.72 bits per heavy atom. The van der Waals surface area contributed by atoms with Crippen LogP contribution in [-0.4, -0.2) is 34.0 Å². The lowest BCUT2D eigenvalue weighted by atomic mass is 10.1. The second-order valence-corrected chi connectivity index (χ2v) is 10.7. The molecule has 0 aliphatic heterocycles. The van der Waals surface area contributed by atoms with E-state index in [-0.39, 0.29) is 16.3 Å². The molecule has 29 heavy (non-hydrogen) atoms. The third-order valence-electron chi connectivity index (χ3n) is 4.29. The van der Waals surface area contributed by atoms with Gasteiger partial charge in [-0.2, -0.15) is 0 Å². The van der Waals surface area contributed by atoms with Gasteiger partial charge in [-0.3, -0.25) is 9.10 Å². The topological polar surface area (TPSA) is 75.7 Å². The Balaban J connectivity index is 1.91. The zero-order chi connectivity index (χ0) is 21.4. The van der Waals surface area contributed by atoms with Crippen molar-refractivity contribution in [2.75, 3.05) is 18.5 Å². The molecular formula is C21H24N2O4S2. The first-order valence-corrected chi connectivity index (χ1v) is 11.3. The van der Waals surface area contributed by atoms with Crippen molar-refractivity contribution in [3.8, 4) is 5.75 Å². The van der Waals surface area contributed by atoms with Crippen LogP contribution in [0, 0.1) is 0 Å². The van der Waals surface area contributed by atoms with E-state index in [0.29, 0.717) is 16.3 Å². The third-order valence-corrected chi connectivity index (χ3v) is 7.21. The van der Waals surface area contributed by atoms with Gasteiger partial charge >= 0.3 is 0 Å². The maximum atomic E-state index is 13.0. The number of hydrogen-bond donors (Lipinski definition) is 1. The number of carbonyl (C=O) groups excluding carboxylic acids is 1. The number of ether oxygens (including phenoxy) is 1. The molecule has 8 heteroatoms. The monoisotopic (exact) mass is 432 g/mol. The summed E-state index contributed by atoms with van der Waals surface area (Å²) in [5.41, 5.74) is 0.194. The van der Waals surface area contributed by atoms with E-state index in [1.165, 1.54) is 41.9 Å². The molecule has 1 N–H and O–H groups in total. The fourth-order valence-electron chi connectivity index (χ4n) is 2.79. The Hall–Kier alpha value is -2.58. The standard InChI is InChI=1S/C21H24N2O4S2/c1-21(2,3)22-20(24)19-13-14-12-15(6-11-18(14)28-19)23(4)29(25,26)17-9-7-16(27-5)8-10-17/h6-13H,1-5H3,(H,22,24). The van der Waals surface area contributed by atoms with Gasteiger partial charge in [-0.25, -0.2) is 8.42 Å². The Morgan fingerprint density at radius 1 is 1.07 bits per heavy atom. The van der Waals surface area contributed by atoms with E-state index in [2.05, 4.69) is 5.32 Å². The Kier molecular flexibility index (Phi) is 5.60. The number of benzene rings is 2. The summed E-state index contributed by atoms with van der Waals surface area (Å²) in [6.45, 7) is 5.78. The minimum Gasteiger partial charge on any atom is -0.497 e. The molecule has 3 rings (SSSR count). The molecule has 0 saturated carbocycles. The molecular weight excluding hydrogens is 408 g/mol. The van der Waals surface area contributed by atoms with E-state index in [4.69, 9.17) is 4.74 Å². The van der Waals surface area contributed by atoms with Crippen LogP contribution in [0.5, 0.6) is 5.75 Å². The summed E-state index contributed by atoms with van der Waals surface area (Å²) in [4.78, 5) is 13.2. The van der Waals surface area contributed by atoms with Crippen molar-refractivity contribution in [1.82, 2.24) is 5.32 Å². The van der Waals surface area contributed by atoms with E-state index >= 15 is 0 Å². The van der Waals surface area contributed by atoms with Crippen LogP contribution in [0.4, 0.5) is 5.69 Å². The number of anilines is 1. The van der Waals surface area contributed by atoms with Gasteiger partial charge in [0.2, 0.25) is 0 Å². The average molecular weight is 433 g/mol. The average Bonchev–Trinajstić information content (AvgIpc) is 3.09. The van der Waals surface area contributed by atoms with Crippen LogP contribution < -0.4 is 14.4 Å². The maximum Gasteiger partial charge on any atom is 0.264 e. The summed E-state index contributed by atoms with van der Waals surface area (Å²) in [6.07, 6.45) is 0. The number of fused-ring (bicyclic) bond motifs is 1. The van der Waals surface area contributed by atoms with Gasteiger partial charge in [0.05, 0.1) is 22.6 Å². The third kappa shape index (κ3) is 4.54. The number of nitrogens with zero attached hydrogens (tertiary/aromatic N) is 1. The van der Waals surface area contributed by atoms with Gasteiger partial charge in [-0.15, -0.1) is 11.3 Å². The van der Waals surface area contributed by atoms with Gasteiger partial charge in [0.25, 0.3) is 15.9 Å². The lowest BCUT2D eigenvalue weighted by Crippen LogP contribution is -2.40. The molecule has 0 atom stereocenters. The van der Waals surface area contributed by atoms with Crippen LogP contribution in [0.2, 0.25) is 0 Å². The number of sulfonamides is 1. The van der Waals surface area contributed by atoms with Gasteiger partial charge in [-0.05, 0) is 74.7 Å². The van der Waals surface area contributed by atoms with Crippen molar-refractivity contribution < 1.29 is 17.9 Å².